The zero-order valence-corrected chi connectivity index (χ0v) is 21.2. The van der Waals surface area contributed by atoms with Crippen LogP contribution in [0.15, 0.2) is 59.1 Å². The average Bonchev–Trinajstić information content (AvgIpc) is 3.46. The third-order valence-corrected chi connectivity index (χ3v) is 7.90. The van der Waals surface area contributed by atoms with Crippen molar-refractivity contribution in [1.82, 2.24) is 19.9 Å². The number of halogens is 1. The second-order valence-corrected chi connectivity index (χ2v) is 10.5. The van der Waals surface area contributed by atoms with Gasteiger partial charge < -0.3 is 14.4 Å². The molecular formula is C28H31FN6O3. The Balaban J connectivity index is 1.19. The molecule has 198 valence electrons. The summed E-state index contributed by atoms with van der Waals surface area (Å²) in [4.78, 5) is 4.53. The van der Waals surface area contributed by atoms with Gasteiger partial charge in [-0.05, 0) is 42.5 Å². The van der Waals surface area contributed by atoms with E-state index in [9.17, 15) is 5.11 Å². The summed E-state index contributed by atoms with van der Waals surface area (Å²) in [6.45, 7) is 3.33. The van der Waals surface area contributed by atoms with Crippen molar-refractivity contribution >= 4 is 0 Å². The lowest BCUT2D eigenvalue weighted by molar-refractivity contribution is -0.0114. The van der Waals surface area contributed by atoms with Crippen LogP contribution in [0.3, 0.4) is 0 Å². The molecule has 6 rings (SSSR count). The van der Waals surface area contributed by atoms with Crippen LogP contribution in [0.2, 0.25) is 0 Å². The van der Waals surface area contributed by atoms with Crippen LogP contribution in [-0.2, 0) is 22.4 Å². The van der Waals surface area contributed by atoms with Gasteiger partial charge in [0.05, 0.1) is 12.0 Å². The predicted molar refractivity (Wildman–Crippen MR) is 138 cm³/mol. The van der Waals surface area contributed by atoms with Gasteiger partial charge in [-0.3, -0.25) is 16.1 Å². The molecule has 1 saturated carbocycles. The Morgan fingerprint density at radius 1 is 1.03 bits per heavy atom. The molecule has 9 nitrogen and oxygen atoms in total. The molecule has 0 unspecified atom stereocenters. The fraction of sp³-hybridized carbons (Fsp3) is 0.393. The topological polar surface area (TPSA) is 138 Å². The van der Waals surface area contributed by atoms with Crippen molar-refractivity contribution in [2.24, 2.45) is 11.5 Å². The summed E-state index contributed by atoms with van der Waals surface area (Å²) in [6.07, 6.45) is 2.20. The number of rotatable bonds is 7. The van der Waals surface area contributed by atoms with Crippen LogP contribution in [-0.4, -0.2) is 44.1 Å². The van der Waals surface area contributed by atoms with Crippen LogP contribution in [0.5, 0.6) is 0 Å². The zero-order chi connectivity index (χ0) is 26.5. The molecule has 5 N–H and O–H groups in total. The molecule has 4 aromatic rings. The van der Waals surface area contributed by atoms with Crippen LogP contribution in [0.4, 0.5) is 4.39 Å². The van der Waals surface area contributed by atoms with E-state index >= 15 is 4.39 Å². The van der Waals surface area contributed by atoms with Crippen LogP contribution in [0.25, 0.3) is 23.0 Å². The van der Waals surface area contributed by atoms with E-state index in [1.165, 1.54) is 0 Å². The second kappa shape index (κ2) is 9.09. The Hall–Kier alpha value is -3.44. The van der Waals surface area contributed by atoms with Crippen LogP contribution >= 0.6 is 0 Å². The van der Waals surface area contributed by atoms with Crippen molar-refractivity contribution in [1.29, 1.82) is 0 Å². The third kappa shape index (κ3) is 4.43. The number of aryl methyl sites for hydroxylation is 1. The number of aromatic nitrogens is 4. The highest BCUT2D eigenvalue weighted by Gasteiger charge is 2.56. The molecule has 2 aromatic carbocycles. The highest BCUT2D eigenvalue weighted by atomic mass is 19.1. The molecule has 2 aliphatic rings. The summed E-state index contributed by atoms with van der Waals surface area (Å²) >= 11 is 0. The summed E-state index contributed by atoms with van der Waals surface area (Å²) in [7, 11) is 0. The molecular weight excluding hydrogens is 487 g/mol. The van der Waals surface area contributed by atoms with Crippen molar-refractivity contribution in [2.75, 3.05) is 13.2 Å². The van der Waals surface area contributed by atoms with Crippen molar-refractivity contribution in [3.8, 4) is 23.0 Å². The van der Waals surface area contributed by atoms with Gasteiger partial charge in [0.25, 0.3) is 5.89 Å². The number of alkyl halides is 1. The Bertz CT molecular complexity index is 1450. The minimum atomic E-state index is -1.76. The van der Waals surface area contributed by atoms with E-state index < -0.39 is 16.9 Å². The number of aliphatic hydroxyl groups is 1. The molecule has 2 aromatic heterocycles. The summed E-state index contributed by atoms with van der Waals surface area (Å²) in [5.74, 6) is -1.04. The molecule has 1 aliphatic heterocycles. The lowest BCUT2D eigenvalue weighted by Crippen LogP contribution is -2.58. The van der Waals surface area contributed by atoms with Crippen LogP contribution < -0.4 is 11.5 Å². The lowest BCUT2D eigenvalue weighted by Gasteiger charge is -2.29. The molecule has 10 heteroatoms. The second-order valence-electron chi connectivity index (χ2n) is 10.5. The van der Waals surface area contributed by atoms with Gasteiger partial charge in [-0.25, -0.2) is 4.39 Å². The molecule has 2 fully saturated rings. The molecule has 0 radical (unpaired) electrons. The fourth-order valence-electron chi connectivity index (χ4n) is 5.31. The van der Waals surface area contributed by atoms with E-state index in [1.54, 1.807) is 12.1 Å². The molecule has 1 aliphatic carbocycles. The van der Waals surface area contributed by atoms with E-state index in [-0.39, 0.29) is 0 Å². The van der Waals surface area contributed by atoms with Crippen molar-refractivity contribution in [3.63, 3.8) is 0 Å². The van der Waals surface area contributed by atoms with Gasteiger partial charge in [0.2, 0.25) is 5.82 Å². The highest BCUT2D eigenvalue weighted by molar-refractivity contribution is 5.58. The Morgan fingerprint density at radius 3 is 2.45 bits per heavy atom. The van der Waals surface area contributed by atoms with Crippen LogP contribution in [0.1, 0.15) is 48.1 Å². The van der Waals surface area contributed by atoms with Gasteiger partial charge in [-0.15, -0.1) is 0 Å². The largest absolute Gasteiger partial charge is 0.381 e. The number of nitrogens with two attached hydrogens (primary N) is 2. The number of hydrogen-bond donors (Lipinski definition) is 3. The van der Waals surface area contributed by atoms with Crippen molar-refractivity contribution in [3.05, 3.63) is 77.0 Å². The smallest absolute Gasteiger partial charge is 0.278 e. The molecule has 0 atom stereocenters. The van der Waals surface area contributed by atoms with Crippen molar-refractivity contribution in [2.45, 2.75) is 56.1 Å². The molecule has 0 amide bonds. The lowest BCUT2D eigenvalue weighted by atomic mass is 9.88. The molecule has 1 saturated heterocycles. The fourth-order valence-corrected chi connectivity index (χ4v) is 5.31. The Morgan fingerprint density at radius 2 is 1.76 bits per heavy atom. The number of benzene rings is 2. The maximum atomic E-state index is 15.2. The molecule has 0 bridgehead atoms. The average molecular weight is 519 g/mol. The summed E-state index contributed by atoms with van der Waals surface area (Å²) < 4.78 is 27.9. The Labute approximate surface area is 219 Å². The summed E-state index contributed by atoms with van der Waals surface area (Å²) in [5, 5.41) is 19.1. The first-order valence-electron chi connectivity index (χ1n) is 12.8. The standard InChI is InChI=1S/C28H31FN6O3/c1-18-15-23(33-35(18)17-19-3-2-4-22(16-19)26(9-10-26)28(30,31)36)25-32-24(34-38-25)20-5-7-21(8-6-20)27(29)11-13-37-14-12-27/h2-8,15-16,36H,9-14,17,30-31H2,1H3. The molecule has 38 heavy (non-hydrogen) atoms. The van der Waals surface area contributed by atoms with Gasteiger partial charge in [0, 0.05) is 37.3 Å². The maximum absolute atomic E-state index is 15.2. The quantitative estimate of drug-likeness (QED) is 0.316. The highest BCUT2D eigenvalue weighted by Crippen LogP contribution is 2.52. The number of ether oxygens (including phenoxy) is 1. The summed E-state index contributed by atoms with van der Waals surface area (Å²) in [5.41, 5.74) is 14.6. The molecule has 3 heterocycles. The van der Waals surface area contributed by atoms with E-state index in [0.717, 1.165) is 35.2 Å². The first-order chi connectivity index (χ1) is 18.2. The number of nitrogens with zero attached hydrogens (tertiary/aromatic N) is 4. The third-order valence-electron chi connectivity index (χ3n) is 7.90. The van der Waals surface area contributed by atoms with Crippen molar-refractivity contribution < 1.29 is 18.8 Å². The SMILES string of the molecule is Cc1cc(-c2nc(-c3ccc(C4(F)CCOCC4)cc3)no2)nn1Cc1cccc(C2(C(N)(N)O)CC2)c1. The monoisotopic (exact) mass is 518 g/mol. The first-order valence-corrected chi connectivity index (χ1v) is 12.8. The van der Waals surface area contributed by atoms with Crippen LogP contribution in [0, 0.1) is 6.92 Å². The van der Waals surface area contributed by atoms with Gasteiger partial charge in [0.1, 0.15) is 5.67 Å². The maximum Gasteiger partial charge on any atom is 0.278 e. The predicted octanol–water partition coefficient (Wildman–Crippen LogP) is 3.53. The van der Waals surface area contributed by atoms with Gasteiger partial charge in [0.15, 0.2) is 11.5 Å². The Kier molecular flexibility index (Phi) is 5.95. The molecule has 0 spiro atoms. The minimum absolute atomic E-state index is 0.305. The first kappa shape index (κ1) is 24.9. The zero-order valence-electron chi connectivity index (χ0n) is 21.2. The van der Waals surface area contributed by atoms with Gasteiger partial charge >= 0.3 is 0 Å². The van der Waals surface area contributed by atoms with Gasteiger partial charge in [-0.1, -0.05) is 53.7 Å². The summed E-state index contributed by atoms with van der Waals surface area (Å²) in [6, 6.07) is 17.0. The normalized spacial score (nSPS) is 18.4. The van der Waals surface area contributed by atoms with E-state index in [0.29, 0.717) is 55.6 Å². The van der Waals surface area contributed by atoms with E-state index in [4.69, 9.17) is 20.7 Å². The van der Waals surface area contributed by atoms with E-state index in [1.807, 2.05) is 54.1 Å². The van der Waals surface area contributed by atoms with E-state index in [2.05, 4.69) is 15.2 Å². The number of hydrogen-bond acceptors (Lipinski definition) is 8. The van der Waals surface area contributed by atoms with Gasteiger partial charge in [-0.2, -0.15) is 10.1 Å². The minimum Gasteiger partial charge on any atom is -0.381 e.